The minimum atomic E-state index is -3.06. The van der Waals surface area contributed by atoms with Gasteiger partial charge in [-0.15, -0.1) is 0 Å². The molecule has 0 saturated carbocycles. The highest BCUT2D eigenvalue weighted by Gasteiger charge is 2.34. The van der Waals surface area contributed by atoms with E-state index in [1.165, 1.54) is 6.20 Å². The van der Waals surface area contributed by atoms with Crippen molar-refractivity contribution >= 4 is 21.7 Å². The summed E-state index contributed by atoms with van der Waals surface area (Å²) in [7, 11) is -3.06. The maximum Gasteiger partial charge on any atom is 0.272 e. The van der Waals surface area contributed by atoms with Gasteiger partial charge in [0, 0.05) is 25.0 Å². The van der Waals surface area contributed by atoms with Gasteiger partial charge in [-0.25, -0.2) is 18.4 Å². The fourth-order valence-corrected chi connectivity index (χ4v) is 4.70. The van der Waals surface area contributed by atoms with Crippen molar-refractivity contribution in [1.29, 1.82) is 0 Å². The third kappa shape index (κ3) is 4.34. The summed E-state index contributed by atoms with van der Waals surface area (Å²) in [5.41, 5.74) is 1.08. The Kier molecular flexibility index (Phi) is 5.46. The molecule has 0 radical (unpaired) electrons. The molecule has 1 fully saturated rings. The second-order valence-corrected chi connectivity index (χ2v) is 8.32. The van der Waals surface area contributed by atoms with E-state index in [1.54, 1.807) is 17.2 Å². The van der Waals surface area contributed by atoms with Gasteiger partial charge in [-0.2, -0.15) is 0 Å². The highest BCUT2D eigenvalue weighted by molar-refractivity contribution is 7.91. The first-order chi connectivity index (χ1) is 12.5. The smallest absolute Gasteiger partial charge is 0.272 e. The van der Waals surface area contributed by atoms with Crippen LogP contribution in [0.15, 0.2) is 36.7 Å². The van der Waals surface area contributed by atoms with Crippen molar-refractivity contribution in [1.82, 2.24) is 19.9 Å². The Morgan fingerprint density at radius 2 is 2.12 bits per heavy atom. The van der Waals surface area contributed by atoms with Crippen molar-refractivity contribution in [2.24, 2.45) is 0 Å². The molecule has 1 amide bonds. The molecule has 1 unspecified atom stereocenters. The zero-order valence-electron chi connectivity index (χ0n) is 14.5. The average molecular weight is 375 g/mol. The molecule has 1 saturated heterocycles. The van der Waals surface area contributed by atoms with Gasteiger partial charge in [0.2, 0.25) is 5.95 Å². The number of sulfone groups is 1. The number of amides is 1. The van der Waals surface area contributed by atoms with Crippen LogP contribution in [0.5, 0.6) is 0 Å². The number of aromatic nitrogens is 3. The van der Waals surface area contributed by atoms with Crippen LogP contribution >= 0.6 is 0 Å². The van der Waals surface area contributed by atoms with E-state index in [9.17, 15) is 13.2 Å². The molecule has 1 N–H and O–H groups in total. The Morgan fingerprint density at radius 1 is 1.27 bits per heavy atom. The predicted molar refractivity (Wildman–Crippen MR) is 97.4 cm³/mol. The van der Waals surface area contributed by atoms with Gasteiger partial charge in [-0.05, 0) is 31.5 Å². The molecule has 9 heteroatoms. The lowest BCUT2D eigenvalue weighted by atomic mass is 10.2. The van der Waals surface area contributed by atoms with Crippen LogP contribution in [0, 0.1) is 0 Å². The van der Waals surface area contributed by atoms with Crippen LogP contribution < -0.4 is 5.32 Å². The molecular formula is C17H21N5O3S. The number of nitrogens with one attached hydrogen (secondary N) is 1. The van der Waals surface area contributed by atoms with E-state index in [0.717, 1.165) is 5.69 Å². The summed E-state index contributed by atoms with van der Waals surface area (Å²) in [6.45, 7) is 2.71. The molecule has 3 heterocycles. The minimum Gasteiger partial charge on any atom is -0.349 e. The van der Waals surface area contributed by atoms with Gasteiger partial charge in [0.1, 0.15) is 5.69 Å². The summed E-state index contributed by atoms with van der Waals surface area (Å²) in [4.78, 5) is 27.0. The molecule has 3 rings (SSSR count). The summed E-state index contributed by atoms with van der Waals surface area (Å²) in [6.07, 6.45) is 3.69. The van der Waals surface area contributed by atoms with Gasteiger partial charge in [0.25, 0.3) is 5.91 Å². The molecule has 26 heavy (non-hydrogen) atoms. The Bertz CT molecular complexity index is 873. The topological polar surface area (TPSA) is 105 Å². The van der Waals surface area contributed by atoms with Crippen molar-refractivity contribution in [3.8, 4) is 0 Å². The summed E-state index contributed by atoms with van der Waals surface area (Å²) < 4.78 is 23.4. The van der Waals surface area contributed by atoms with Crippen molar-refractivity contribution in [2.45, 2.75) is 25.9 Å². The van der Waals surface area contributed by atoms with Gasteiger partial charge >= 0.3 is 0 Å². The van der Waals surface area contributed by atoms with E-state index in [-0.39, 0.29) is 29.1 Å². The van der Waals surface area contributed by atoms with E-state index in [4.69, 9.17) is 0 Å². The molecule has 1 aliphatic rings. The summed E-state index contributed by atoms with van der Waals surface area (Å²) in [5, 5.41) is 3.04. The lowest BCUT2D eigenvalue weighted by Gasteiger charge is -2.26. The van der Waals surface area contributed by atoms with Gasteiger partial charge < -0.3 is 10.2 Å². The van der Waals surface area contributed by atoms with Crippen LogP contribution in [-0.2, 0) is 16.4 Å². The first-order valence-corrected chi connectivity index (χ1v) is 10.3. The molecule has 1 aliphatic heterocycles. The standard InChI is InChI=1S/C17H21N5O3S/c1-2-22(14-7-10-26(24,25)12-14)16(23)15-6-9-19-17(21-15)20-11-13-5-3-4-8-18-13/h3-6,8-9,14H,2,7,10-12H2,1H3,(H,19,20,21). The molecule has 8 nitrogen and oxygen atoms in total. The molecule has 0 spiro atoms. The highest BCUT2D eigenvalue weighted by atomic mass is 32.2. The number of rotatable bonds is 6. The van der Waals surface area contributed by atoms with Gasteiger partial charge in [-0.3, -0.25) is 9.78 Å². The van der Waals surface area contributed by atoms with Crippen molar-refractivity contribution < 1.29 is 13.2 Å². The van der Waals surface area contributed by atoms with Crippen LogP contribution in [0.2, 0.25) is 0 Å². The Balaban J connectivity index is 1.71. The zero-order valence-corrected chi connectivity index (χ0v) is 15.3. The van der Waals surface area contributed by atoms with Crippen molar-refractivity contribution in [2.75, 3.05) is 23.4 Å². The third-order valence-corrected chi connectivity index (χ3v) is 6.03. The average Bonchev–Trinajstić information content (AvgIpc) is 3.01. The van der Waals surface area contributed by atoms with E-state index in [2.05, 4.69) is 20.3 Å². The number of anilines is 1. The summed E-state index contributed by atoms with van der Waals surface area (Å²) in [5.74, 6) is 0.194. The summed E-state index contributed by atoms with van der Waals surface area (Å²) >= 11 is 0. The molecule has 1 atom stereocenters. The quantitative estimate of drug-likeness (QED) is 0.807. The SMILES string of the molecule is CCN(C(=O)c1ccnc(NCc2ccccn2)n1)C1CCS(=O)(=O)C1. The predicted octanol–water partition coefficient (Wildman–Crippen LogP) is 1.13. The molecule has 2 aromatic heterocycles. The largest absolute Gasteiger partial charge is 0.349 e. The van der Waals surface area contributed by atoms with Crippen LogP contribution in [0.4, 0.5) is 5.95 Å². The first-order valence-electron chi connectivity index (χ1n) is 8.47. The maximum absolute atomic E-state index is 12.8. The molecule has 0 bridgehead atoms. The van der Waals surface area contributed by atoms with Crippen LogP contribution in [0.1, 0.15) is 29.5 Å². The Hall–Kier alpha value is -2.55. The van der Waals surface area contributed by atoms with Gasteiger partial charge in [-0.1, -0.05) is 6.07 Å². The fraction of sp³-hybridized carbons (Fsp3) is 0.412. The maximum atomic E-state index is 12.8. The monoisotopic (exact) mass is 375 g/mol. The molecular weight excluding hydrogens is 354 g/mol. The van der Waals surface area contributed by atoms with Crippen molar-refractivity contribution in [3.05, 3.63) is 48.0 Å². The second kappa shape index (κ2) is 7.77. The number of hydrogen-bond acceptors (Lipinski definition) is 7. The summed E-state index contributed by atoms with van der Waals surface area (Å²) in [6, 6.07) is 6.85. The number of nitrogens with zero attached hydrogens (tertiary/aromatic N) is 4. The Labute approximate surface area is 152 Å². The van der Waals surface area contributed by atoms with Crippen LogP contribution in [-0.4, -0.2) is 58.3 Å². The highest BCUT2D eigenvalue weighted by Crippen LogP contribution is 2.19. The van der Waals surface area contributed by atoms with E-state index < -0.39 is 9.84 Å². The lowest BCUT2D eigenvalue weighted by molar-refractivity contribution is 0.0702. The third-order valence-electron chi connectivity index (χ3n) is 4.28. The number of carbonyl (C=O) groups excluding carboxylic acids is 1. The van der Waals surface area contributed by atoms with Gasteiger partial charge in [0.05, 0.1) is 23.7 Å². The van der Waals surface area contributed by atoms with E-state index in [0.29, 0.717) is 25.5 Å². The van der Waals surface area contributed by atoms with Gasteiger partial charge in [0.15, 0.2) is 9.84 Å². The molecule has 0 aliphatic carbocycles. The normalized spacial score (nSPS) is 18.4. The van der Waals surface area contributed by atoms with Crippen LogP contribution in [0.3, 0.4) is 0 Å². The lowest BCUT2D eigenvalue weighted by Crippen LogP contribution is -2.41. The first kappa shape index (κ1) is 18.2. The number of pyridine rings is 1. The molecule has 138 valence electrons. The van der Waals surface area contributed by atoms with Crippen molar-refractivity contribution in [3.63, 3.8) is 0 Å². The van der Waals surface area contributed by atoms with E-state index >= 15 is 0 Å². The zero-order chi connectivity index (χ0) is 18.6. The molecule has 0 aromatic carbocycles. The number of carbonyl (C=O) groups is 1. The second-order valence-electron chi connectivity index (χ2n) is 6.09. The molecule has 2 aromatic rings. The Morgan fingerprint density at radius 3 is 2.77 bits per heavy atom. The number of hydrogen-bond donors (Lipinski definition) is 1. The van der Waals surface area contributed by atoms with E-state index in [1.807, 2.05) is 25.1 Å². The minimum absolute atomic E-state index is 0.0163. The van der Waals surface area contributed by atoms with Crippen LogP contribution in [0.25, 0.3) is 0 Å². The fourth-order valence-electron chi connectivity index (χ4n) is 2.97.